The Bertz CT molecular complexity index is 699. The fourth-order valence-electron chi connectivity index (χ4n) is 2.02. The molecule has 3 rings (SSSR count). The van der Waals surface area contributed by atoms with Gasteiger partial charge in [-0.2, -0.15) is 0 Å². The van der Waals surface area contributed by atoms with Gasteiger partial charge in [-0.15, -0.1) is 0 Å². The minimum atomic E-state index is 0.176. The Morgan fingerprint density at radius 1 is 1.21 bits per heavy atom. The summed E-state index contributed by atoms with van der Waals surface area (Å²) in [4.78, 5) is 8.66. The van der Waals surface area contributed by atoms with E-state index in [0.717, 1.165) is 11.1 Å². The van der Waals surface area contributed by atoms with Crippen LogP contribution in [-0.2, 0) is 0 Å². The van der Waals surface area contributed by atoms with Crippen molar-refractivity contribution in [2.45, 2.75) is 19.8 Å². The quantitative estimate of drug-likeness (QED) is 0.757. The molecule has 0 aliphatic rings. The highest BCUT2D eigenvalue weighted by molar-refractivity contribution is 5.76. The van der Waals surface area contributed by atoms with Crippen molar-refractivity contribution in [1.82, 2.24) is 9.97 Å². The fraction of sp³-hybridized carbons (Fsp3) is 0.200. The monoisotopic (exact) mass is 254 g/mol. The molecule has 0 spiro atoms. The second kappa shape index (κ2) is 4.39. The molecule has 0 fully saturated rings. The average molecular weight is 254 g/mol. The standard InChI is InChI=1S/C15H14N2O2/c1-9(2)14-12(18)7-10(8-16-14)15-17-11-5-3-4-6-13(11)19-15/h3-9,18H,1-2H3. The van der Waals surface area contributed by atoms with Gasteiger partial charge in [0.05, 0.1) is 11.3 Å². The minimum Gasteiger partial charge on any atom is -0.506 e. The van der Waals surface area contributed by atoms with E-state index in [0.29, 0.717) is 17.1 Å². The summed E-state index contributed by atoms with van der Waals surface area (Å²) in [6.07, 6.45) is 1.68. The van der Waals surface area contributed by atoms with Crippen LogP contribution in [0.25, 0.3) is 22.6 Å². The van der Waals surface area contributed by atoms with Crippen molar-refractivity contribution in [1.29, 1.82) is 0 Å². The molecule has 2 aromatic heterocycles. The highest BCUT2D eigenvalue weighted by Crippen LogP contribution is 2.29. The van der Waals surface area contributed by atoms with Gasteiger partial charge in [0.25, 0.3) is 0 Å². The molecular formula is C15H14N2O2. The first-order valence-electron chi connectivity index (χ1n) is 6.20. The molecule has 4 heteroatoms. The summed E-state index contributed by atoms with van der Waals surface area (Å²) in [7, 11) is 0. The lowest BCUT2D eigenvalue weighted by molar-refractivity contribution is 0.460. The molecule has 0 bridgehead atoms. The van der Waals surface area contributed by atoms with E-state index >= 15 is 0 Å². The predicted octanol–water partition coefficient (Wildman–Crippen LogP) is 3.72. The van der Waals surface area contributed by atoms with Crippen LogP contribution >= 0.6 is 0 Å². The number of benzene rings is 1. The summed E-state index contributed by atoms with van der Waals surface area (Å²) < 4.78 is 5.65. The van der Waals surface area contributed by atoms with Crippen molar-refractivity contribution in [2.24, 2.45) is 0 Å². The highest BCUT2D eigenvalue weighted by Gasteiger charge is 2.13. The van der Waals surface area contributed by atoms with Gasteiger partial charge in [0.2, 0.25) is 5.89 Å². The SMILES string of the molecule is CC(C)c1ncc(-c2nc3ccccc3o2)cc1O. The van der Waals surface area contributed by atoms with Crippen molar-refractivity contribution in [3.05, 3.63) is 42.2 Å². The molecule has 0 radical (unpaired) electrons. The average Bonchev–Trinajstić information content (AvgIpc) is 2.81. The van der Waals surface area contributed by atoms with E-state index in [-0.39, 0.29) is 11.7 Å². The summed E-state index contributed by atoms with van der Waals surface area (Å²) in [6, 6.07) is 9.20. The number of aromatic nitrogens is 2. The molecule has 4 nitrogen and oxygen atoms in total. The largest absolute Gasteiger partial charge is 0.506 e. The van der Waals surface area contributed by atoms with Crippen LogP contribution in [0.1, 0.15) is 25.5 Å². The zero-order valence-electron chi connectivity index (χ0n) is 10.8. The second-order valence-corrected chi connectivity index (χ2v) is 4.77. The topological polar surface area (TPSA) is 59.2 Å². The number of hydrogen-bond donors (Lipinski definition) is 1. The number of hydrogen-bond acceptors (Lipinski definition) is 4. The van der Waals surface area contributed by atoms with Crippen molar-refractivity contribution >= 4 is 11.1 Å². The number of nitrogens with zero attached hydrogens (tertiary/aromatic N) is 2. The van der Waals surface area contributed by atoms with E-state index in [1.807, 2.05) is 38.1 Å². The second-order valence-electron chi connectivity index (χ2n) is 4.77. The van der Waals surface area contributed by atoms with Gasteiger partial charge in [-0.3, -0.25) is 4.98 Å². The van der Waals surface area contributed by atoms with Crippen LogP contribution in [0.2, 0.25) is 0 Å². The molecule has 19 heavy (non-hydrogen) atoms. The lowest BCUT2D eigenvalue weighted by Crippen LogP contribution is -1.93. The number of rotatable bonds is 2. The lowest BCUT2D eigenvalue weighted by atomic mass is 10.1. The smallest absolute Gasteiger partial charge is 0.229 e. The van der Waals surface area contributed by atoms with Gasteiger partial charge < -0.3 is 9.52 Å². The molecule has 3 aromatic rings. The molecule has 1 N–H and O–H groups in total. The molecule has 1 aromatic carbocycles. The molecule has 0 aliphatic carbocycles. The number of fused-ring (bicyclic) bond motifs is 1. The third-order valence-corrected chi connectivity index (χ3v) is 2.99. The Labute approximate surface area is 110 Å². The van der Waals surface area contributed by atoms with Crippen LogP contribution in [0.3, 0.4) is 0 Å². The van der Waals surface area contributed by atoms with E-state index in [9.17, 15) is 5.11 Å². The molecule has 96 valence electrons. The van der Waals surface area contributed by atoms with E-state index in [1.165, 1.54) is 0 Å². The first-order valence-corrected chi connectivity index (χ1v) is 6.20. The number of oxazole rings is 1. The van der Waals surface area contributed by atoms with Crippen LogP contribution in [0.5, 0.6) is 5.75 Å². The van der Waals surface area contributed by atoms with Gasteiger partial charge in [-0.1, -0.05) is 26.0 Å². The Hall–Kier alpha value is -2.36. The Balaban J connectivity index is 2.09. The van der Waals surface area contributed by atoms with E-state index < -0.39 is 0 Å². The van der Waals surface area contributed by atoms with Crippen LogP contribution in [-0.4, -0.2) is 15.1 Å². The van der Waals surface area contributed by atoms with E-state index in [2.05, 4.69) is 9.97 Å². The molecule has 2 heterocycles. The summed E-state index contributed by atoms with van der Waals surface area (Å²) in [6.45, 7) is 3.97. The third-order valence-electron chi connectivity index (χ3n) is 2.99. The maximum atomic E-state index is 9.97. The first kappa shape index (κ1) is 11.7. The van der Waals surface area contributed by atoms with E-state index in [4.69, 9.17) is 4.42 Å². The molecule has 0 saturated carbocycles. The van der Waals surface area contributed by atoms with E-state index in [1.54, 1.807) is 12.3 Å². The van der Waals surface area contributed by atoms with Gasteiger partial charge in [0, 0.05) is 6.20 Å². The maximum absolute atomic E-state index is 9.97. The van der Waals surface area contributed by atoms with Gasteiger partial charge in [-0.05, 0) is 24.1 Å². The number of pyridine rings is 1. The molecule has 0 unspecified atom stereocenters. The number of aromatic hydroxyl groups is 1. The molecular weight excluding hydrogens is 240 g/mol. The summed E-state index contributed by atoms with van der Waals surface area (Å²) >= 11 is 0. The molecule has 0 aliphatic heterocycles. The third kappa shape index (κ3) is 2.05. The van der Waals surface area contributed by atoms with Gasteiger partial charge in [0.15, 0.2) is 5.58 Å². The summed E-state index contributed by atoms with van der Waals surface area (Å²) in [5.41, 5.74) is 2.88. The Kier molecular flexibility index (Phi) is 2.71. The Morgan fingerprint density at radius 3 is 2.68 bits per heavy atom. The van der Waals surface area contributed by atoms with Crippen LogP contribution in [0, 0.1) is 0 Å². The summed E-state index contributed by atoms with van der Waals surface area (Å²) in [5, 5.41) is 9.97. The van der Waals surface area contributed by atoms with Gasteiger partial charge in [0.1, 0.15) is 11.3 Å². The molecule has 0 amide bonds. The van der Waals surface area contributed by atoms with Crippen LogP contribution in [0.15, 0.2) is 40.9 Å². The fourth-order valence-corrected chi connectivity index (χ4v) is 2.02. The first-order chi connectivity index (χ1) is 9.15. The lowest BCUT2D eigenvalue weighted by Gasteiger charge is -2.07. The van der Waals surface area contributed by atoms with Crippen LogP contribution < -0.4 is 0 Å². The normalized spacial score (nSPS) is 11.3. The predicted molar refractivity (Wildman–Crippen MR) is 73.0 cm³/mol. The minimum absolute atomic E-state index is 0.176. The Morgan fingerprint density at radius 2 is 2.00 bits per heavy atom. The highest BCUT2D eigenvalue weighted by atomic mass is 16.3. The van der Waals surface area contributed by atoms with Gasteiger partial charge >= 0.3 is 0 Å². The van der Waals surface area contributed by atoms with Crippen molar-refractivity contribution in [3.63, 3.8) is 0 Å². The molecule has 0 saturated heterocycles. The van der Waals surface area contributed by atoms with Crippen molar-refractivity contribution < 1.29 is 9.52 Å². The van der Waals surface area contributed by atoms with Crippen molar-refractivity contribution in [2.75, 3.05) is 0 Å². The van der Waals surface area contributed by atoms with Gasteiger partial charge in [-0.25, -0.2) is 4.98 Å². The van der Waals surface area contributed by atoms with Crippen LogP contribution in [0.4, 0.5) is 0 Å². The number of para-hydroxylation sites is 2. The molecule has 0 atom stereocenters. The maximum Gasteiger partial charge on any atom is 0.229 e. The zero-order valence-corrected chi connectivity index (χ0v) is 10.8. The summed E-state index contributed by atoms with van der Waals surface area (Å²) in [5.74, 6) is 0.826. The van der Waals surface area contributed by atoms with Crippen molar-refractivity contribution in [3.8, 4) is 17.2 Å². The zero-order chi connectivity index (χ0) is 13.4.